The van der Waals surface area contributed by atoms with Crippen molar-refractivity contribution in [1.82, 2.24) is 0 Å². The highest BCUT2D eigenvalue weighted by atomic mass is 16.7. The molecule has 2 heterocycles. The van der Waals surface area contributed by atoms with Gasteiger partial charge in [-0.2, -0.15) is 0 Å². The molecule has 0 spiro atoms. The molecule has 0 N–H and O–H groups in total. The van der Waals surface area contributed by atoms with E-state index in [9.17, 15) is 0 Å². The van der Waals surface area contributed by atoms with Crippen molar-refractivity contribution >= 4 is 62.4 Å². The van der Waals surface area contributed by atoms with Crippen LogP contribution in [0.2, 0.25) is 0 Å². The molecule has 45 heavy (non-hydrogen) atoms. The summed E-state index contributed by atoms with van der Waals surface area (Å²) in [5.41, 5.74) is 7.47. The fourth-order valence-electron chi connectivity index (χ4n) is 6.35. The zero-order valence-electron chi connectivity index (χ0n) is 26.0. The molecule has 7 aromatic rings. The van der Waals surface area contributed by atoms with Crippen LogP contribution in [0.1, 0.15) is 27.7 Å². The lowest BCUT2D eigenvalue weighted by molar-refractivity contribution is 0.00578. The second-order valence-electron chi connectivity index (χ2n) is 12.8. The second-order valence-corrected chi connectivity index (χ2v) is 12.8. The summed E-state index contributed by atoms with van der Waals surface area (Å²) in [5, 5.41) is 4.65. The van der Waals surface area contributed by atoms with Crippen LogP contribution in [-0.2, 0) is 9.31 Å². The number of para-hydroxylation sites is 2. The molecule has 0 aliphatic carbocycles. The van der Waals surface area contributed by atoms with E-state index in [0.717, 1.165) is 55.6 Å². The lowest BCUT2D eigenvalue weighted by atomic mass is 9.79. The van der Waals surface area contributed by atoms with Crippen molar-refractivity contribution < 1.29 is 13.7 Å². The van der Waals surface area contributed by atoms with Gasteiger partial charge in [-0.1, -0.05) is 97.1 Å². The predicted octanol–water partition coefficient (Wildman–Crippen LogP) is 10.2. The first kappa shape index (κ1) is 27.7. The van der Waals surface area contributed by atoms with Crippen LogP contribution in [-0.4, -0.2) is 18.3 Å². The third-order valence-electron chi connectivity index (χ3n) is 9.53. The molecule has 0 saturated carbocycles. The molecule has 4 nitrogen and oxygen atoms in total. The van der Waals surface area contributed by atoms with Crippen molar-refractivity contribution in [3.05, 3.63) is 133 Å². The number of anilines is 3. The molecule has 5 heteroatoms. The van der Waals surface area contributed by atoms with Gasteiger partial charge in [-0.3, -0.25) is 0 Å². The van der Waals surface area contributed by atoms with E-state index in [-0.39, 0.29) is 11.2 Å². The number of hydrogen-bond acceptors (Lipinski definition) is 4. The van der Waals surface area contributed by atoms with Gasteiger partial charge in [0.05, 0.1) is 16.9 Å². The maximum Gasteiger partial charge on any atom is 0.494 e. The molecule has 0 atom stereocenters. The van der Waals surface area contributed by atoms with Gasteiger partial charge in [-0.25, -0.2) is 0 Å². The highest BCUT2D eigenvalue weighted by Gasteiger charge is 2.51. The molecule has 0 bridgehead atoms. The number of benzene rings is 6. The number of nitrogens with zero attached hydrogens (tertiary/aromatic N) is 1. The van der Waals surface area contributed by atoms with E-state index >= 15 is 0 Å². The normalized spacial score (nSPS) is 15.7. The Morgan fingerprint density at radius 1 is 0.533 bits per heavy atom. The lowest BCUT2D eigenvalue weighted by Gasteiger charge is -2.32. The number of furan rings is 1. The SMILES string of the molecule is CC1(C)OB(c2ccc(N(c3ccc(-c4cccc5c4oc4ccccc45)cc3)c3cccc4ccccc34)cc2)OC1(C)C. The van der Waals surface area contributed by atoms with E-state index in [1.54, 1.807) is 0 Å². The zero-order valence-corrected chi connectivity index (χ0v) is 26.0. The summed E-state index contributed by atoms with van der Waals surface area (Å²) < 4.78 is 19.0. The molecule has 1 fully saturated rings. The van der Waals surface area contributed by atoms with Gasteiger partial charge in [0.2, 0.25) is 0 Å². The van der Waals surface area contributed by atoms with Gasteiger partial charge < -0.3 is 18.6 Å². The first-order valence-electron chi connectivity index (χ1n) is 15.5. The van der Waals surface area contributed by atoms with Crippen LogP contribution >= 0.6 is 0 Å². The number of rotatable bonds is 5. The molecule has 1 aliphatic rings. The van der Waals surface area contributed by atoms with Gasteiger partial charge in [-0.05, 0) is 80.5 Å². The molecule has 0 radical (unpaired) electrons. The van der Waals surface area contributed by atoms with Crippen molar-refractivity contribution in [3.8, 4) is 11.1 Å². The van der Waals surface area contributed by atoms with E-state index in [1.165, 1.54) is 10.8 Å². The van der Waals surface area contributed by atoms with Crippen molar-refractivity contribution in [2.24, 2.45) is 0 Å². The average Bonchev–Trinajstić information content (AvgIpc) is 3.54. The maximum absolute atomic E-state index is 6.35. The van der Waals surface area contributed by atoms with E-state index in [4.69, 9.17) is 13.7 Å². The monoisotopic (exact) mass is 587 g/mol. The molecule has 1 aliphatic heterocycles. The molecule has 0 amide bonds. The van der Waals surface area contributed by atoms with E-state index < -0.39 is 7.12 Å². The molecular weight excluding hydrogens is 553 g/mol. The van der Waals surface area contributed by atoms with Crippen molar-refractivity contribution in [2.45, 2.75) is 38.9 Å². The molecule has 6 aromatic carbocycles. The minimum Gasteiger partial charge on any atom is -0.455 e. The summed E-state index contributed by atoms with van der Waals surface area (Å²) in [6, 6.07) is 46.9. The van der Waals surface area contributed by atoms with Gasteiger partial charge in [0, 0.05) is 33.1 Å². The average molecular weight is 588 g/mol. The standard InChI is InChI=1S/C40H34BNO3/c1-39(2)40(3,4)45-41(44-39)29-21-25-31(26-22-29)42(36-17-9-12-27-11-5-6-13-32(27)36)30-23-19-28(20-24-30)33-15-10-16-35-34-14-7-8-18-37(34)43-38(33)35/h5-26H,1-4H3. The Morgan fingerprint density at radius 3 is 1.84 bits per heavy atom. The minimum atomic E-state index is -0.407. The molecule has 1 saturated heterocycles. The summed E-state index contributed by atoms with van der Waals surface area (Å²) in [7, 11) is -0.407. The second kappa shape index (κ2) is 10.4. The Bertz CT molecular complexity index is 2160. The van der Waals surface area contributed by atoms with Crippen LogP contribution in [0.25, 0.3) is 43.8 Å². The van der Waals surface area contributed by atoms with E-state index in [1.807, 2.05) is 12.1 Å². The summed E-state index contributed by atoms with van der Waals surface area (Å²) in [6.07, 6.45) is 0. The van der Waals surface area contributed by atoms with Gasteiger partial charge in [0.15, 0.2) is 0 Å². The Balaban J connectivity index is 1.21. The largest absolute Gasteiger partial charge is 0.494 e. The molecule has 220 valence electrons. The summed E-state index contributed by atoms with van der Waals surface area (Å²) in [5.74, 6) is 0. The van der Waals surface area contributed by atoms with Crippen LogP contribution in [0.5, 0.6) is 0 Å². The lowest BCUT2D eigenvalue weighted by Crippen LogP contribution is -2.41. The third kappa shape index (κ3) is 4.62. The van der Waals surface area contributed by atoms with E-state index in [0.29, 0.717) is 0 Å². The molecular formula is C40H34BNO3. The van der Waals surface area contributed by atoms with Gasteiger partial charge in [0.25, 0.3) is 0 Å². The van der Waals surface area contributed by atoms with E-state index in [2.05, 4.69) is 154 Å². The van der Waals surface area contributed by atoms with Gasteiger partial charge in [0.1, 0.15) is 11.2 Å². The van der Waals surface area contributed by atoms with Crippen LogP contribution in [0.4, 0.5) is 17.1 Å². The Labute approximate surface area is 264 Å². The highest BCUT2D eigenvalue weighted by molar-refractivity contribution is 6.62. The van der Waals surface area contributed by atoms with Crippen molar-refractivity contribution in [1.29, 1.82) is 0 Å². The number of hydrogen-bond donors (Lipinski definition) is 0. The summed E-state index contributed by atoms with van der Waals surface area (Å²) in [4.78, 5) is 2.32. The zero-order chi connectivity index (χ0) is 30.8. The topological polar surface area (TPSA) is 34.8 Å². The van der Waals surface area contributed by atoms with Crippen LogP contribution < -0.4 is 10.4 Å². The maximum atomic E-state index is 6.35. The van der Waals surface area contributed by atoms with Crippen LogP contribution in [0.3, 0.4) is 0 Å². The highest BCUT2D eigenvalue weighted by Crippen LogP contribution is 2.41. The molecule has 0 unspecified atom stereocenters. The first-order chi connectivity index (χ1) is 21.8. The summed E-state index contributed by atoms with van der Waals surface area (Å²) in [6.45, 7) is 8.34. The van der Waals surface area contributed by atoms with Crippen molar-refractivity contribution in [3.63, 3.8) is 0 Å². The van der Waals surface area contributed by atoms with Crippen LogP contribution in [0.15, 0.2) is 138 Å². The predicted molar refractivity (Wildman–Crippen MR) is 187 cm³/mol. The Hall–Kier alpha value is -4.84. The Kier molecular flexibility index (Phi) is 6.38. The fraction of sp³-hybridized carbons (Fsp3) is 0.150. The number of fused-ring (bicyclic) bond motifs is 4. The fourth-order valence-corrected chi connectivity index (χ4v) is 6.35. The molecule has 1 aromatic heterocycles. The van der Waals surface area contributed by atoms with Gasteiger partial charge in [-0.15, -0.1) is 0 Å². The third-order valence-corrected chi connectivity index (χ3v) is 9.53. The van der Waals surface area contributed by atoms with Crippen LogP contribution in [0, 0.1) is 0 Å². The Morgan fingerprint density at radius 2 is 1.11 bits per heavy atom. The van der Waals surface area contributed by atoms with Crippen molar-refractivity contribution in [2.75, 3.05) is 4.90 Å². The first-order valence-corrected chi connectivity index (χ1v) is 15.5. The quantitative estimate of drug-likeness (QED) is 0.188. The molecule has 8 rings (SSSR count). The van der Waals surface area contributed by atoms with Gasteiger partial charge >= 0.3 is 7.12 Å². The minimum absolute atomic E-state index is 0.389. The summed E-state index contributed by atoms with van der Waals surface area (Å²) >= 11 is 0. The smallest absolute Gasteiger partial charge is 0.455 e.